The van der Waals surface area contributed by atoms with E-state index in [9.17, 15) is 17.6 Å². The smallest absolute Gasteiger partial charge is 0.264 e. The number of nitrogens with one attached hydrogen (secondary N) is 1. The van der Waals surface area contributed by atoms with Gasteiger partial charge in [0.1, 0.15) is 5.82 Å². The fourth-order valence-electron chi connectivity index (χ4n) is 4.61. The van der Waals surface area contributed by atoms with Crippen molar-refractivity contribution in [2.24, 2.45) is 0 Å². The van der Waals surface area contributed by atoms with Gasteiger partial charge in [0.05, 0.1) is 20.8 Å². The van der Waals surface area contributed by atoms with Crippen molar-refractivity contribution < 1.29 is 17.6 Å². The molecule has 3 aromatic carbocycles. The highest BCUT2D eigenvalue weighted by atomic mass is 32.2. The monoisotopic (exact) mass is 567 g/mol. The predicted molar refractivity (Wildman–Crippen MR) is 154 cm³/mol. The summed E-state index contributed by atoms with van der Waals surface area (Å²) in [5, 5.41) is 3.83. The molecule has 0 atom stereocenters. The van der Waals surface area contributed by atoms with Crippen molar-refractivity contribution in [2.45, 2.75) is 11.8 Å². The molecule has 0 radical (unpaired) electrons. The summed E-state index contributed by atoms with van der Waals surface area (Å²) in [7, 11) is -3.74. The minimum Gasteiger partial charge on any atom is -0.351 e. The van der Waals surface area contributed by atoms with Crippen molar-refractivity contribution in [1.29, 1.82) is 0 Å². The molecule has 1 amide bonds. The standard InChI is InChI=1S/C28H30FN5O3S2/c1-2-34(23-6-4-3-5-7-23)39(36,37)24-11-8-21(9-12-24)27(35)30-14-15-32-16-18-33(19-17-32)28-31-25-13-10-22(29)20-26(25)38-28/h3-13,20H,2,14-19H2,1H3,(H,30,35). The number of thiazole rings is 1. The Balaban J connectivity index is 1.11. The van der Waals surface area contributed by atoms with E-state index in [1.54, 1.807) is 49.4 Å². The lowest BCUT2D eigenvalue weighted by molar-refractivity contribution is 0.0947. The van der Waals surface area contributed by atoms with Crippen LogP contribution in [0.1, 0.15) is 17.3 Å². The number of aromatic nitrogens is 1. The van der Waals surface area contributed by atoms with E-state index in [2.05, 4.69) is 20.1 Å². The average molecular weight is 568 g/mol. The number of hydrogen-bond acceptors (Lipinski definition) is 7. The topological polar surface area (TPSA) is 85.8 Å². The Morgan fingerprint density at radius 2 is 1.74 bits per heavy atom. The summed E-state index contributed by atoms with van der Waals surface area (Å²) in [4.78, 5) is 21.9. The molecular weight excluding hydrogens is 537 g/mol. The Hall–Kier alpha value is -3.54. The highest BCUT2D eigenvalue weighted by Gasteiger charge is 2.24. The molecule has 1 fully saturated rings. The van der Waals surface area contributed by atoms with Crippen molar-refractivity contribution in [3.8, 4) is 0 Å². The molecule has 1 saturated heterocycles. The molecule has 39 heavy (non-hydrogen) atoms. The normalized spacial score (nSPS) is 14.5. The fraction of sp³-hybridized carbons (Fsp3) is 0.286. The summed E-state index contributed by atoms with van der Waals surface area (Å²) >= 11 is 1.50. The number of halogens is 1. The van der Waals surface area contributed by atoms with Gasteiger partial charge < -0.3 is 10.2 Å². The molecule has 11 heteroatoms. The van der Waals surface area contributed by atoms with Crippen molar-refractivity contribution >= 4 is 48.3 Å². The molecule has 0 saturated carbocycles. The molecule has 2 heterocycles. The maximum atomic E-state index is 13.5. The molecule has 1 aliphatic heterocycles. The van der Waals surface area contributed by atoms with E-state index in [0.29, 0.717) is 30.9 Å². The van der Waals surface area contributed by atoms with Gasteiger partial charge >= 0.3 is 0 Å². The Labute approximate surface area is 231 Å². The number of amides is 1. The number of nitrogens with zero attached hydrogens (tertiary/aromatic N) is 4. The van der Waals surface area contributed by atoms with Gasteiger partial charge in [0.2, 0.25) is 0 Å². The first-order valence-corrected chi connectivity index (χ1v) is 15.1. The molecule has 0 spiro atoms. The first-order chi connectivity index (χ1) is 18.8. The van der Waals surface area contributed by atoms with Gasteiger partial charge in [-0.2, -0.15) is 0 Å². The van der Waals surface area contributed by atoms with E-state index < -0.39 is 10.0 Å². The molecule has 0 bridgehead atoms. The Morgan fingerprint density at radius 1 is 1.03 bits per heavy atom. The summed E-state index contributed by atoms with van der Waals surface area (Å²) in [6.45, 7) is 6.56. The van der Waals surface area contributed by atoms with E-state index in [1.807, 2.05) is 6.07 Å². The van der Waals surface area contributed by atoms with Crippen LogP contribution < -0.4 is 14.5 Å². The Morgan fingerprint density at radius 3 is 2.44 bits per heavy atom. The molecule has 0 unspecified atom stereocenters. The molecular formula is C28H30FN5O3S2. The number of carbonyl (C=O) groups is 1. The number of hydrogen-bond donors (Lipinski definition) is 1. The van der Waals surface area contributed by atoms with Crippen LogP contribution in [0.5, 0.6) is 0 Å². The number of para-hydroxylation sites is 1. The zero-order chi connectivity index (χ0) is 27.4. The van der Waals surface area contributed by atoms with Crippen molar-refractivity contribution in [1.82, 2.24) is 15.2 Å². The van der Waals surface area contributed by atoms with E-state index in [4.69, 9.17) is 0 Å². The predicted octanol–water partition coefficient (Wildman–Crippen LogP) is 4.20. The lowest BCUT2D eigenvalue weighted by atomic mass is 10.2. The third-order valence-electron chi connectivity index (χ3n) is 6.73. The molecule has 204 valence electrons. The number of carbonyl (C=O) groups excluding carboxylic acids is 1. The van der Waals surface area contributed by atoms with Gasteiger partial charge in [0.15, 0.2) is 5.13 Å². The van der Waals surface area contributed by atoms with Crippen LogP contribution in [-0.2, 0) is 10.0 Å². The lowest BCUT2D eigenvalue weighted by Gasteiger charge is -2.34. The number of anilines is 2. The minimum absolute atomic E-state index is 0.140. The van der Waals surface area contributed by atoms with Gasteiger partial charge in [-0.25, -0.2) is 17.8 Å². The van der Waals surface area contributed by atoms with Crippen LogP contribution in [0.25, 0.3) is 10.2 Å². The van der Waals surface area contributed by atoms with E-state index >= 15 is 0 Å². The van der Waals surface area contributed by atoms with E-state index in [-0.39, 0.29) is 16.6 Å². The summed E-state index contributed by atoms with van der Waals surface area (Å²) in [5.74, 6) is -0.494. The average Bonchev–Trinajstić information content (AvgIpc) is 3.37. The largest absolute Gasteiger partial charge is 0.351 e. The van der Waals surface area contributed by atoms with Crippen molar-refractivity contribution in [3.05, 3.63) is 84.2 Å². The quantitative estimate of drug-likeness (QED) is 0.326. The maximum Gasteiger partial charge on any atom is 0.264 e. The summed E-state index contributed by atoms with van der Waals surface area (Å²) in [6, 6.07) is 19.7. The summed E-state index contributed by atoms with van der Waals surface area (Å²) < 4.78 is 42.0. The first kappa shape index (κ1) is 27.0. The van der Waals surface area contributed by atoms with Gasteiger partial charge in [-0.1, -0.05) is 29.5 Å². The van der Waals surface area contributed by atoms with E-state index in [1.165, 1.54) is 39.9 Å². The lowest BCUT2D eigenvalue weighted by Crippen LogP contribution is -2.48. The number of benzene rings is 3. The molecule has 4 aromatic rings. The van der Waals surface area contributed by atoms with Crippen LogP contribution in [0.3, 0.4) is 0 Å². The summed E-state index contributed by atoms with van der Waals surface area (Å²) in [5.41, 5.74) is 1.82. The number of rotatable bonds is 9. The fourth-order valence-corrected chi connectivity index (χ4v) is 7.12. The minimum atomic E-state index is -3.74. The van der Waals surface area contributed by atoms with Crippen LogP contribution in [0.2, 0.25) is 0 Å². The number of fused-ring (bicyclic) bond motifs is 1. The molecule has 8 nitrogen and oxygen atoms in total. The highest BCUT2D eigenvalue weighted by Crippen LogP contribution is 2.30. The van der Waals surface area contributed by atoms with Gasteiger partial charge in [0, 0.05) is 51.4 Å². The second-order valence-electron chi connectivity index (χ2n) is 9.22. The molecule has 0 aliphatic carbocycles. The number of sulfonamides is 1. The second-order valence-corrected chi connectivity index (χ2v) is 12.1. The van der Waals surface area contributed by atoms with Gasteiger partial charge in [0.25, 0.3) is 15.9 Å². The van der Waals surface area contributed by atoms with Gasteiger partial charge in [-0.05, 0) is 61.5 Å². The highest BCUT2D eigenvalue weighted by molar-refractivity contribution is 7.92. The Bertz CT molecular complexity index is 1540. The zero-order valence-electron chi connectivity index (χ0n) is 21.6. The third kappa shape index (κ3) is 6.05. The van der Waals surface area contributed by atoms with Crippen LogP contribution in [-0.4, -0.2) is 70.0 Å². The maximum absolute atomic E-state index is 13.5. The molecule has 1 N–H and O–H groups in total. The number of piperazine rings is 1. The molecule has 1 aromatic heterocycles. The van der Waals surface area contributed by atoms with Crippen molar-refractivity contribution in [3.63, 3.8) is 0 Å². The zero-order valence-corrected chi connectivity index (χ0v) is 23.2. The Kier molecular flexibility index (Phi) is 8.10. The summed E-state index contributed by atoms with van der Waals surface area (Å²) in [6.07, 6.45) is 0. The van der Waals surface area contributed by atoms with E-state index in [0.717, 1.165) is 41.5 Å². The van der Waals surface area contributed by atoms with Crippen LogP contribution in [0, 0.1) is 5.82 Å². The third-order valence-corrected chi connectivity index (χ3v) is 9.73. The first-order valence-electron chi connectivity index (χ1n) is 12.8. The van der Waals surface area contributed by atoms with Crippen LogP contribution >= 0.6 is 11.3 Å². The van der Waals surface area contributed by atoms with Crippen LogP contribution in [0.15, 0.2) is 77.7 Å². The SMILES string of the molecule is CCN(c1ccccc1)S(=O)(=O)c1ccc(C(=O)NCCN2CCN(c3nc4ccc(F)cc4s3)CC2)cc1. The van der Waals surface area contributed by atoms with Gasteiger partial charge in [-0.3, -0.25) is 14.0 Å². The second kappa shape index (κ2) is 11.7. The molecule has 1 aliphatic rings. The molecule has 5 rings (SSSR count). The van der Waals surface area contributed by atoms with Crippen molar-refractivity contribution in [2.75, 3.05) is 55.0 Å². The van der Waals surface area contributed by atoms with Gasteiger partial charge in [-0.15, -0.1) is 0 Å². The van der Waals surface area contributed by atoms with Crippen LogP contribution in [0.4, 0.5) is 15.2 Å².